The zero-order valence-corrected chi connectivity index (χ0v) is 13.4. The van der Waals surface area contributed by atoms with Crippen LogP contribution in [0, 0.1) is 5.92 Å². The molecule has 0 radical (unpaired) electrons. The lowest BCUT2D eigenvalue weighted by Gasteiger charge is -2.36. The third-order valence-electron chi connectivity index (χ3n) is 4.09. The van der Waals surface area contributed by atoms with Crippen molar-refractivity contribution in [3.63, 3.8) is 0 Å². The van der Waals surface area contributed by atoms with E-state index in [0.29, 0.717) is 12.3 Å². The number of aliphatic carboxylic acids is 1. The molecule has 116 valence electrons. The number of rotatable bonds is 6. The minimum atomic E-state index is -0.961. The second kappa shape index (κ2) is 8.39. The molecule has 2 amide bonds. The highest BCUT2D eigenvalue weighted by Gasteiger charge is 2.29. The number of hydrogen-bond acceptors (Lipinski definition) is 3. The number of carbonyl (C=O) groups is 2. The lowest BCUT2D eigenvalue weighted by Crippen LogP contribution is -2.52. The van der Waals surface area contributed by atoms with Gasteiger partial charge in [0.05, 0.1) is 0 Å². The van der Waals surface area contributed by atoms with Crippen molar-refractivity contribution in [2.75, 3.05) is 19.1 Å². The second-order valence-electron chi connectivity index (χ2n) is 5.56. The summed E-state index contributed by atoms with van der Waals surface area (Å²) in [6.07, 6.45) is 6.89. The molecule has 2 N–H and O–H groups in total. The van der Waals surface area contributed by atoms with Gasteiger partial charge in [-0.1, -0.05) is 19.8 Å². The average Bonchev–Trinajstić information content (AvgIpc) is 2.42. The van der Waals surface area contributed by atoms with Crippen LogP contribution in [-0.4, -0.2) is 53.1 Å². The van der Waals surface area contributed by atoms with Gasteiger partial charge in [0.1, 0.15) is 6.04 Å². The van der Waals surface area contributed by atoms with Gasteiger partial charge in [0.25, 0.3) is 0 Å². The Morgan fingerprint density at radius 1 is 1.40 bits per heavy atom. The van der Waals surface area contributed by atoms with Gasteiger partial charge in [0, 0.05) is 13.1 Å². The predicted molar refractivity (Wildman–Crippen MR) is 82.1 cm³/mol. The number of thioether (sulfide) groups is 1. The van der Waals surface area contributed by atoms with Crippen molar-refractivity contribution < 1.29 is 14.7 Å². The molecule has 1 rings (SSSR count). The molecular weight excluding hydrogens is 276 g/mol. The van der Waals surface area contributed by atoms with E-state index in [1.807, 2.05) is 6.26 Å². The number of carboxylic acid groups (broad SMARTS) is 1. The molecule has 1 aliphatic carbocycles. The minimum absolute atomic E-state index is 0.221. The molecule has 0 aromatic rings. The van der Waals surface area contributed by atoms with Crippen molar-refractivity contribution in [2.45, 2.75) is 51.1 Å². The van der Waals surface area contributed by atoms with Crippen molar-refractivity contribution in [1.29, 1.82) is 0 Å². The maximum Gasteiger partial charge on any atom is 0.326 e. The van der Waals surface area contributed by atoms with Crippen LogP contribution in [-0.2, 0) is 4.79 Å². The molecule has 5 nitrogen and oxygen atoms in total. The van der Waals surface area contributed by atoms with E-state index in [0.717, 1.165) is 25.0 Å². The number of carbonyl (C=O) groups excluding carboxylic acids is 1. The zero-order chi connectivity index (χ0) is 15.1. The van der Waals surface area contributed by atoms with E-state index in [1.54, 1.807) is 23.7 Å². The van der Waals surface area contributed by atoms with Crippen LogP contribution in [0.5, 0.6) is 0 Å². The molecule has 0 aromatic carbocycles. The number of carboxylic acids is 1. The summed E-state index contributed by atoms with van der Waals surface area (Å²) in [7, 11) is 1.77. The number of nitrogens with zero attached hydrogens (tertiary/aromatic N) is 1. The molecule has 1 aliphatic rings. The monoisotopic (exact) mass is 302 g/mol. The summed E-state index contributed by atoms with van der Waals surface area (Å²) in [5.74, 6) is 0.243. The fourth-order valence-electron chi connectivity index (χ4n) is 2.77. The minimum Gasteiger partial charge on any atom is -0.480 e. The van der Waals surface area contributed by atoms with Crippen LogP contribution < -0.4 is 5.32 Å². The number of amides is 2. The summed E-state index contributed by atoms with van der Waals surface area (Å²) < 4.78 is 0. The van der Waals surface area contributed by atoms with Gasteiger partial charge < -0.3 is 15.3 Å². The van der Waals surface area contributed by atoms with Crippen LogP contribution in [0.3, 0.4) is 0 Å². The van der Waals surface area contributed by atoms with Gasteiger partial charge in [0.15, 0.2) is 0 Å². The summed E-state index contributed by atoms with van der Waals surface area (Å²) in [6, 6.07) is -0.840. The van der Waals surface area contributed by atoms with Crippen LogP contribution >= 0.6 is 11.8 Å². The first-order valence-electron chi connectivity index (χ1n) is 7.22. The smallest absolute Gasteiger partial charge is 0.326 e. The van der Waals surface area contributed by atoms with E-state index in [4.69, 9.17) is 5.11 Å². The Labute approximate surface area is 125 Å². The molecule has 0 aromatic heterocycles. The lowest BCUT2D eigenvalue weighted by molar-refractivity contribution is -0.139. The topological polar surface area (TPSA) is 69.6 Å². The Hall–Kier alpha value is -0.910. The molecule has 1 fully saturated rings. The number of hydrogen-bond donors (Lipinski definition) is 2. The fraction of sp³-hybridized carbons (Fsp3) is 0.857. The molecular formula is C14H26N2O3S. The SMILES string of the molecule is CSCCC(NC(=O)N(C)C1CCCCC1C)C(=O)O. The molecule has 3 atom stereocenters. The van der Waals surface area contributed by atoms with Gasteiger partial charge in [-0.2, -0.15) is 11.8 Å². The summed E-state index contributed by atoms with van der Waals surface area (Å²) in [4.78, 5) is 25.1. The first kappa shape index (κ1) is 17.1. The standard InChI is InChI=1S/C14H26N2O3S/c1-10-6-4-5-7-12(10)16(2)14(19)15-11(13(17)18)8-9-20-3/h10-12H,4-9H2,1-3H3,(H,15,19)(H,17,18). The molecule has 0 heterocycles. The molecule has 0 aliphatic heterocycles. The van der Waals surface area contributed by atoms with Crippen molar-refractivity contribution in [1.82, 2.24) is 10.2 Å². The summed E-state index contributed by atoms with van der Waals surface area (Å²) in [5, 5.41) is 11.8. The van der Waals surface area contributed by atoms with Crippen molar-refractivity contribution in [3.05, 3.63) is 0 Å². The molecule has 0 spiro atoms. The van der Waals surface area contributed by atoms with Gasteiger partial charge in [-0.15, -0.1) is 0 Å². The maximum atomic E-state index is 12.2. The highest BCUT2D eigenvalue weighted by atomic mass is 32.2. The highest BCUT2D eigenvalue weighted by Crippen LogP contribution is 2.27. The maximum absolute atomic E-state index is 12.2. The highest BCUT2D eigenvalue weighted by molar-refractivity contribution is 7.98. The summed E-state index contributed by atoms with van der Waals surface area (Å²) in [5.41, 5.74) is 0. The van der Waals surface area contributed by atoms with Gasteiger partial charge in [-0.05, 0) is 37.2 Å². The van der Waals surface area contributed by atoms with Crippen LogP contribution in [0.2, 0.25) is 0 Å². The van der Waals surface area contributed by atoms with Gasteiger partial charge in [0.2, 0.25) is 0 Å². The van der Waals surface area contributed by atoms with Gasteiger partial charge in [-0.25, -0.2) is 9.59 Å². The fourth-order valence-corrected chi connectivity index (χ4v) is 3.24. The van der Waals surface area contributed by atoms with Crippen LogP contribution in [0.4, 0.5) is 4.79 Å². The van der Waals surface area contributed by atoms with Crippen LogP contribution in [0.25, 0.3) is 0 Å². The second-order valence-corrected chi connectivity index (χ2v) is 6.55. The first-order chi connectivity index (χ1) is 9.47. The number of nitrogens with one attached hydrogen (secondary N) is 1. The van der Waals surface area contributed by atoms with E-state index < -0.39 is 12.0 Å². The van der Waals surface area contributed by atoms with Crippen molar-refractivity contribution >= 4 is 23.8 Å². The van der Waals surface area contributed by atoms with E-state index in [-0.39, 0.29) is 12.1 Å². The Kier molecular flexibility index (Phi) is 7.19. The average molecular weight is 302 g/mol. The first-order valence-corrected chi connectivity index (χ1v) is 8.61. The van der Waals surface area contributed by atoms with Crippen LogP contribution in [0.15, 0.2) is 0 Å². The van der Waals surface area contributed by atoms with E-state index in [1.165, 1.54) is 6.42 Å². The van der Waals surface area contributed by atoms with E-state index in [2.05, 4.69) is 12.2 Å². The quantitative estimate of drug-likeness (QED) is 0.790. The van der Waals surface area contributed by atoms with E-state index in [9.17, 15) is 9.59 Å². The Balaban J connectivity index is 2.56. The van der Waals surface area contributed by atoms with E-state index >= 15 is 0 Å². The molecule has 0 saturated heterocycles. The lowest BCUT2D eigenvalue weighted by atomic mass is 9.85. The molecule has 6 heteroatoms. The Bertz CT molecular complexity index is 338. The van der Waals surface area contributed by atoms with Gasteiger partial charge >= 0.3 is 12.0 Å². The molecule has 1 saturated carbocycles. The number of urea groups is 1. The summed E-state index contributed by atoms with van der Waals surface area (Å²) >= 11 is 1.58. The molecule has 20 heavy (non-hydrogen) atoms. The van der Waals surface area contributed by atoms with Gasteiger partial charge in [-0.3, -0.25) is 0 Å². The molecule has 3 unspecified atom stereocenters. The van der Waals surface area contributed by atoms with Crippen molar-refractivity contribution in [3.8, 4) is 0 Å². The Morgan fingerprint density at radius 2 is 2.05 bits per heavy atom. The molecule has 0 bridgehead atoms. The summed E-state index contributed by atoms with van der Waals surface area (Å²) in [6.45, 7) is 2.16. The zero-order valence-electron chi connectivity index (χ0n) is 12.6. The Morgan fingerprint density at radius 3 is 2.60 bits per heavy atom. The normalized spacial score (nSPS) is 23.9. The largest absolute Gasteiger partial charge is 0.480 e. The third-order valence-corrected chi connectivity index (χ3v) is 4.73. The van der Waals surface area contributed by atoms with Crippen LogP contribution in [0.1, 0.15) is 39.0 Å². The third kappa shape index (κ3) is 4.89. The van der Waals surface area contributed by atoms with Crippen molar-refractivity contribution in [2.24, 2.45) is 5.92 Å². The predicted octanol–water partition coefficient (Wildman–Crippen LogP) is 2.41.